The Morgan fingerprint density at radius 1 is 0.827 bits per heavy atom. The summed E-state index contributed by atoms with van der Waals surface area (Å²) in [5.41, 5.74) is 4.44. The second-order valence-corrected chi connectivity index (χ2v) is 12.5. The first-order valence-electron chi connectivity index (χ1n) is 17.5. The molecule has 1 heterocycles. The lowest BCUT2D eigenvalue weighted by Gasteiger charge is -2.30. The smallest absolute Gasteiger partial charge is 0.252 e. The Labute approximate surface area is 305 Å². The Morgan fingerprint density at radius 3 is 2.19 bits per heavy atom. The molecule has 2 atom stereocenters. The maximum Gasteiger partial charge on any atom is 0.252 e. The van der Waals surface area contributed by atoms with Crippen LogP contribution in [0.3, 0.4) is 0 Å². The predicted octanol–water partition coefficient (Wildman–Crippen LogP) is 7.85. The van der Waals surface area contributed by atoms with Crippen molar-refractivity contribution in [1.29, 1.82) is 0 Å². The molecular weight excluding hydrogens is 652 g/mol. The number of benzene rings is 5. The largest absolute Gasteiger partial charge is 0.494 e. The number of nitrogens with zero attached hydrogens (tertiary/aromatic N) is 1. The molecule has 0 spiro atoms. The molecule has 1 aliphatic rings. The second kappa shape index (κ2) is 17.4. The van der Waals surface area contributed by atoms with Gasteiger partial charge in [-0.15, -0.1) is 0 Å². The molecule has 5 aromatic rings. The average molecular weight is 697 g/mol. The molecule has 0 saturated carbocycles. The van der Waals surface area contributed by atoms with Crippen molar-refractivity contribution in [2.75, 3.05) is 34.0 Å². The molecule has 0 fully saturated rings. The summed E-state index contributed by atoms with van der Waals surface area (Å²) in [5, 5.41) is 12.3. The van der Waals surface area contributed by atoms with E-state index in [0.717, 1.165) is 33.4 Å². The third-order valence-electron chi connectivity index (χ3n) is 9.04. The van der Waals surface area contributed by atoms with E-state index in [0.29, 0.717) is 55.6 Å². The minimum atomic E-state index is -1.32. The molecular formula is C44H44N2O6. The van der Waals surface area contributed by atoms with Crippen molar-refractivity contribution in [2.24, 2.45) is 4.99 Å². The predicted molar refractivity (Wildman–Crippen MR) is 205 cm³/mol. The van der Waals surface area contributed by atoms with E-state index in [9.17, 15) is 4.79 Å². The zero-order chi connectivity index (χ0) is 36.2. The molecule has 5 aromatic carbocycles. The summed E-state index contributed by atoms with van der Waals surface area (Å²) in [7, 11) is 3.21. The molecule has 2 N–H and O–H groups in total. The van der Waals surface area contributed by atoms with Crippen LogP contribution < -0.4 is 19.5 Å². The Bertz CT molecular complexity index is 1960. The number of hydrogen-bond donors (Lipinski definition) is 2. The molecule has 8 nitrogen and oxygen atoms in total. The van der Waals surface area contributed by atoms with Crippen molar-refractivity contribution in [1.82, 2.24) is 5.32 Å². The van der Waals surface area contributed by atoms with Gasteiger partial charge in [0.25, 0.3) is 5.91 Å². The average Bonchev–Trinajstić information content (AvgIpc) is 3.59. The zero-order valence-electron chi connectivity index (χ0n) is 29.5. The number of aliphatic hydroxyl groups excluding tert-OH is 1. The lowest BCUT2D eigenvalue weighted by Crippen LogP contribution is -2.48. The quantitative estimate of drug-likeness (QED) is 0.102. The summed E-state index contributed by atoms with van der Waals surface area (Å²) in [5.74, 6) is 2.10. The van der Waals surface area contributed by atoms with E-state index >= 15 is 0 Å². The van der Waals surface area contributed by atoms with Gasteiger partial charge in [-0.1, -0.05) is 103 Å². The van der Waals surface area contributed by atoms with Crippen LogP contribution in [-0.2, 0) is 16.0 Å². The number of rotatable bonds is 16. The van der Waals surface area contributed by atoms with Crippen molar-refractivity contribution >= 4 is 17.9 Å². The lowest BCUT2D eigenvalue weighted by molar-refractivity contribution is -0.128. The fourth-order valence-electron chi connectivity index (χ4n) is 6.24. The molecule has 266 valence electrons. The first kappa shape index (κ1) is 35.9. The van der Waals surface area contributed by atoms with Crippen molar-refractivity contribution < 1.29 is 28.8 Å². The summed E-state index contributed by atoms with van der Waals surface area (Å²) < 4.78 is 23.4. The van der Waals surface area contributed by atoms with Gasteiger partial charge < -0.3 is 29.4 Å². The summed E-state index contributed by atoms with van der Waals surface area (Å²) in [6.07, 6.45) is 4.72. The Kier molecular flexibility index (Phi) is 12.0. The highest BCUT2D eigenvalue weighted by Crippen LogP contribution is 2.43. The standard InChI is InChI=1S/C44H44N2O6/c1-49-39-25-16-33(31-40(39)50-2)26-28-45-43(48)44(27-9-13-32-11-5-3-6-12-32)41(36-19-17-35(18-20-36)34-14-7-4-8-15-34)52-42(46-44)37-21-23-38(24-22-37)51-30-10-29-47/h3-9,11-25,31,41,47H,10,26-30H2,1-2H3,(H,45,48)/b13-9+/t41-,44-/m1/s1. The number of amides is 1. The van der Waals surface area contributed by atoms with Gasteiger partial charge in [-0.2, -0.15) is 0 Å². The van der Waals surface area contributed by atoms with Crippen LogP contribution in [0.25, 0.3) is 17.2 Å². The number of methoxy groups -OCH3 is 2. The van der Waals surface area contributed by atoms with Crippen molar-refractivity contribution in [3.8, 4) is 28.4 Å². The number of ether oxygens (including phenoxy) is 4. The lowest BCUT2D eigenvalue weighted by atomic mass is 9.83. The van der Waals surface area contributed by atoms with Gasteiger partial charge >= 0.3 is 0 Å². The van der Waals surface area contributed by atoms with Crippen molar-refractivity contribution in [3.63, 3.8) is 0 Å². The molecule has 6 rings (SSSR count). The van der Waals surface area contributed by atoms with Crippen LogP contribution in [0.1, 0.15) is 41.2 Å². The molecule has 0 radical (unpaired) electrons. The molecule has 0 saturated heterocycles. The van der Waals surface area contributed by atoms with Crippen LogP contribution in [0.4, 0.5) is 0 Å². The number of carbonyl (C=O) groups is 1. The molecule has 8 heteroatoms. The normalized spacial score (nSPS) is 16.6. The highest BCUT2D eigenvalue weighted by Gasteiger charge is 2.52. The molecule has 1 amide bonds. The Balaban J connectivity index is 1.35. The molecule has 0 unspecified atom stereocenters. The fourth-order valence-corrected chi connectivity index (χ4v) is 6.24. The van der Waals surface area contributed by atoms with Crippen molar-refractivity contribution in [3.05, 3.63) is 156 Å². The van der Waals surface area contributed by atoms with Gasteiger partial charge in [0.1, 0.15) is 5.75 Å². The van der Waals surface area contributed by atoms with Gasteiger partial charge in [0, 0.05) is 31.6 Å². The first-order valence-corrected chi connectivity index (χ1v) is 17.5. The van der Waals surface area contributed by atoms with Gasteiger partial charge in [-0.25, -0.2) is 4.99 Å². The maximum atomic E-state index is 14.7. The highest BCUT2D eigenvalue weighted by molar-refractivity contribution is 6.01. The van der Waals surface area contributed by atoms with E-state index in [2.05, 4.69) is 29.6 Å². The van der Waals surface area contributed by atoms with E-state index in [4.69, 9.17) is 29.0 Å². The van der Waals surface area contributed by atoms with E-state index < -0.39 is 11.6 Å². The third-order valence-corrected chi connectivity index (χ3v) is 9.04. The second-order valence-electron chi connectivity index (χ2n) is 12.5. The van der Waals surface area contributed by atoms with E-state index in [-0.39, 0.29) is 12.5 Å². The first-order chi connectivity index (χ1) is 25.5. The van der Waals surface area contributed by atoms with Crippen LogP contribution in [0.2, 0.25) is 0 Å². The van der Waals surface area contributed by atoms with Gasteiger partial charge in [-0.05, 0) is 70.6 Å². The van der Waals surface area contributed by atoms with Crippen LogP contribution in [0, 0.1) is 0 Å². The molecule has 1 aliphatic heterocycles. The van der Waals surface area contributed by atoms with E-state index in [1.165, 1.54) is 0 Å². The number of aliphatic hydroxyl groups is 1. The number of nitrogens with one attached hydrogen (secondary N) is 1. The minimum absolute atomic E-state index is 0.0631. The Hall–Kier alpha value is -5.86. The highest BCUT2D eigenvalue weighted by atomic mass is 16.5. The van der Waals surface area contributed by atoms with E-state index in [1.807, 2.05) is 115 Å². The molecule has 52 heavy (non-hydrogen) atoms. The van der Waals surface area contributed by atoms with Gasteiger partial charge in [0.05, 0.1) is 20.8 Å². The van der Waals surface area contributed by atoms with E-state index in [1.54, 1.807) is 14.2 Å². The van der Waals surface area contributed by atoms with Crippen LogP contribution in [0.15, 0.2) is 138 Å². The van der Waals surface area contributed by atoms with Crippen LogP contribution in [-0.4, -0.2) is 56.4 Å². The van der Waals surface area contributed by atoms with Gasteiger partial charge in [0.2, 0.25) is 5.90 Å². The summed E-state index contributed by atoms with van der Waals surface area (Å²) >= 11 is 0. The number of carbonyl (C=O) groups excluding carboxylic acids is 1. The van der Waals surface area contributed by atoms with Crippen LogP contribution in [0.5, 0.6) is 17.2 Å². The zero-order valence-corrected chi connectivity index (χ0v) is 29.5. The number of aliphatic imine (C=N–C) groups is 1. The summed E-state index contributed by atoms with van der Waals surface area (Å²) in [6, 6.07) is 41.6. The molecule has 0 bridgehead atoms. The fraction of sp³-hybridized carbons (Fsp3) is 0.227. The number of hydrogen-bond acceptors (Lipinski definition) is 7. The molecule has 0 aromatic heterocycles. The van der Waals surface area contributed by atoms with Crippen LogP contribution >= 0.6 is 0 Å². The third kappa shape index (κ3) is 8.53. The van der Waals surface area contributed by atoms with Gasteiger partial charge in [-0.3, -0.25) is 4.79 Å². The topological polar surface area (TPSA) is 98.6 Å². The van der Waals surface area contributed by atoms with Gasteiger partial charge in [0.15, 0.2) is 23.1 Å². The summed E-state index contributed by atoms with van der Waals surface area (Å²) in [6.45, 7) is 0.852. The monoisotopic (exact) mass is 696 g/mol. The van der Waals surface area contributed by atoms with Crippen molar-refractivity contribution in [2.45, 2.75) is 30.9 Å². The SMILES string of the molecule is COc1ccc(CCNC(=O)[C@]2(C/C=C/c3ccccc3)N=C(c3ccc(OCCCO)cc3)O[C@@H]2c2ccc(-c3ccccc3)cc2)cc1OC. The Morgan fingerprint density at radius 2 is 1.50 bits per heavy atom. The minimum Gasteiger partial charge on any atom is -0.494 e. The maximum absolute atomic E-state index is 14.7. The molecule has 0 aliphatic carbocycles. The summed E-state index contributed by atoms with van der Waals surface area (Å²) in [4.78, 5) is 19.8.